The van der Waals surface area contributed by atoms with Gasteiger partial charge in [-0.15, -0.1) is 0 Å². The lowest BCUT2D eigenvalue weighted by atomic mass is 10.1. The molecule has 0 aliphatic carbocycles. The first-order valence-corrected chi connectivity index (χ1v) is 9.67. The van der Waals surface area contributed by atoms with Crippen molar-refractivity contribution in [2.45, 2.75) is 11.3 Å². The van der Waals surface area contributed by atoms with Gasteiger partial charge in [0.15, 0.2) is 0 Å². The van der Waals surface area contributed by atoms with E-state index < -0.39 is 21.7 Å². The normalized spacial score (nSPS) is 17.2. The summed E-state index contributed by atoms with van der Waals surface area (Å²) in [4.78, 5) is 12.3. The first-order valence-electron chi connectivity index (χ1n) is 8.19. The van der Waals surface area contributed by atoms with Crippen LogP contribution in [0.3, 0.4) is 0 Å². The Hall–Kier alpha value is -2.29. The van der Waals surface area contributed by atoms with E-state index in [1.165, 1.54) is 42.5 Å². The number of amides is 1. The summed E-state index contributed by atoms with van der Waals surface area (Å²) in [6.45, 7) is 1.46. The van der Waals surface area contributed by atoms with Gasteiger partial charge in [0, 0.05) is 18.7 Å². The number of carbonyl (C=O) groups is 1. The van der Waals surface area contributed by atoms with Crippen molar-refractivity contribution < 1.29 is 22.3 Å². The summed E-state index contributed by atoms with van der Waals surface area (Å²) in [5.74, 6) is -1.00. The lowest BCUT2D eigenvalue weighted by Gasteiger charge is -2.11. The zero-order valence-corrected chi connectivity index (χ0v) is 14.8. The Bertz CT molecular complexity index is 896. The van der Waals surface area contributed by atoms with Gasteiger partial charge in [-0.1, -0.05) is 18.2 Å². The summed E-state index contributed by atoms with van der Waals surface area (Å²) in [6.07, 6.45) is 0.813. The van der Waals surface area contributed by atoms with E-state index in [1.54, 1.807) is 6.07 Å². The van der Waals surface area contributed by atoms with Crippen LogP contribution in [0.15, 0.2) is 53.4 Å². The van der Waals surface area contributed by atoms with E-state index in [1.807, 2.05) is 0 Å². The third-order valence-electron chi connectivity index (χ3n) is 4.11. The second-order valence-corrected chi connectivity index (χ2v) is 7.81. The minimum absolute atomic E-state index is 0.0161. The third-order valence-corrected chi connectivity index (χ3v) is 5.54. The van der Waals surface area contributed by atoms with Crippen molar-refractivity contribution >= 4 is 21.6 Å². The first-order chi connectivity index (χ1) is 12.5. The van der Waals surface area contributed by atoms with Crippen molar-refractivity contribution in [1.29, 1.82) is 0 Å². The molecule has 1 aliphatic heterocycles. The number of rotatable bonds is 6. The van der Waals surface area contributed by atoms with E-state index in [0.717, 1.165) is 6.42 Å². The lowest BCUT2D eigenvalue weighted by molar-refractivity contribution is 0.102. The van der Waals surface area contributed by atoms with E-state index in [2.05, 4.69) is 10.0 Å². The molecule has 1 atom stereocenters. The van der Waals surface area contributed by atoms with E-state index in [0.29, 0.717) is 13.2 Å². The molecule has 138 valence electrons. The Morgan fingerprint density at radius 1 is 1.19 bits per heavy atom. The molecule has 2 aromatic rings. The molecule has 1 amide bonds. The smallest absolute Gasteiger partial charge is 0.255 e. The standard InChI is InChI=1S/C18H19FN2O4S/c19-16-6-1-2-7-17(16)21-18(22)14-4-3-5-15(10-14)26(23,24)20-11-13-8-9-25-12-13/h1-7,10,13,20H,8-9,11-12H2,(H,21,22)/t13-/m1/s1. The fourth-order valence-electron chi connectivity index (χ4n) is 2.62. The summed E-state index contributed by atoms with van der Waals surface area (Å²) in [5.41, 5.74) is 0.158. The Labute approximate surface area is 151 Å². The maximum absolute atomic E-state index is 13.7. The minimum atomic E-state index is -3.74. The first kappa shape index (κ1) is 18.5. The van der Waals surface area contributed by atoms with Crippen LogP contribution in [0.2, 0.25) is 0 Å². The van der Waals surface area contributed by atoms with Crippen LogP contribution >= 0.6 is 0 Å². The van der Waals surface area contributed by atoms with Crippen molar-refractivity contribution in [2.75, 3.05) is 25.1 Å². The number of nitrogens with one attached hydrogen (secondary N) is 2. The quantitative estimate of drug-likeness (QED) is 0.808. The van der Waals surface area contributed by atoms with Crippen molar-refractivity contribution in [3.63, 3.8) is 0 Å². The predicted molar refractivity (Wildman–Crippen MR) is 94.9 cm³/mol. The number of hydrogen-bond donors (Lipinski definition) is 2. The molecule has 2 N–H and O–H groups in total. The topological polar surface area (TPSA) is 84.5 Å². The molecule has 2 aromatic carbocycles. The third kappa shape index (κ3) is 4.46. The molecule has 26 heavy (non-hydrogen) atoms. The highest BCUT2D eigenvalue weighted by Crippen LogP contribution is 2.17. The van der Waals surface area contributed by atoms with Crippen LogP contribution in [0, 0.1) is 11.7 Å². The Kier molecular flexibility index (Phi) is 5.65. The molecule has 8 heteroatoms. The summed E-state index contributed by atoms with van der Waals surface area (Å²) in [5, 5.41) is 2.44. The molecule has 3 rings (SSSR count). The zero-order valence-electron chi connectivity index (χ0n) is 13.9. The van der Waals surface area contributed by atoms with Gasteiger partial charge in [0.25, 0.3) is 5.91 Å². The van der Waals surface area contributed by atoms with Crippen LogP contribution in [0.25, 0.3) is 0 Å². The second-order valence-electron chi connectivity index (χ2n) is 6.04. The average molecular weight is 378 g/mol. The fraction of sp³-hybridized carbons (Fsp3) is 0.278. The number of ether oxygens (including phenoxy) is 1. The number of sulfonamides is 1. The Morgan fingerprint density at radius 2 is 2.00 bits per heavy atom. The van der Waals surface area contributed by atoms with Crippen LogP contribution in [0.1, 0.15) is 16.8 Å². The SMILES string of the molecule is O=C(Nc1ccccc1F)c1cccc(S(=O)(=O)NC[C@H]2CCOC2)c1. The fourth-order valence-corrected chi connectivity index (χ4v) is 3.78. The number of halogens is 1. The van der Waals surface area contributed by atoms with Gasteiger partial charge in [-0.25, -0.2) is 17.5 Å². The van der Waals surface area contributed by atoms with Gasteiger partial charge in [0.05, 0.1) is 17.2 Å². The molecular formula is C18H19FN2O4S. The van der Waals surface area contributed by atoms with Crippen molar-refractivity contribution in [1.82, 2.24) is 4.72 Å². The van der Waals surface area contributed by atoms with E-state index in [-0.39, 0.29) is 28.6 Å². The molecule has 0 bridgehead atoms. The number of carbonyl (C=O) groups excluding carboxylic acids is 1. The number of para-hydroxylation sites is 1. The summed E-state index contributed by atoms with van der Waals surface area (Å²) in [6, 6.07) is 11.4. The number of hydrogen-bond acceptors (Lipinski definition) is 4. The average Bonchev–Trinajstić information content (AvgIpc) is 3.16. The van der Waals surface area contributed by atoms with Gasteiger partial charge < -0.3 is 10.1 Å². The highest BCUT2D eigenvalue weighted by atomic mass is 32.2. The molecule has 0 spiro atoms. The van der Waals surface area contributed by atoms with Gasteiger partial charge in [0.1, 0.15) is 5.82 Å². The molecular weight excluding hydrogens is 359 g/mol. The van der Waals surface area contributed by atoms with Crippen LogP contribution in [-0.4, -0.2) is 34.1 Å². The monoisotopic (exact) mass is 378 g/mol. The highest BCUT2D eigenvalue weighted by Gasteiger charge is 2.21. The Balaban J connectivity index is 1.72. The van der Waals surface area contributed by atoms with Gasteiger partial charge in [-0.3, -0.25) is 4.79 Å². The predicted octanol–water partition coefficient (Wildman–Crippen LogP) is 2.39. The summed E-state index contributed by atoms with van der Waals surface area (Å²) >= 11 is 0. The van der Waals surface area contributed by atoms with E-state index >= 15 is 0 Å². The molecule has 6 nitrogen and oxygen atoms in total. The van der Waals surface area contributed by atoms with Crippen LogP contribution in [0.4, 0.5) is 10.1 Å². The van der Waals surface area contributed by atoms with Crippen molar-refractivity contribution in [3.05, 3.63) is 59.9 Å². The largest absolute Gasteiger partial charge is 0.381 e. The lowest BCUT2D eigenvalue weighted by Crippen LogP contribution is -2.29. The second kappa shape index (κ2) is 7.94. The molecule has 0 saturated carbocycles. The molecule has 1 fully saturated rings. The van der Waals surface area contributed by atoms with Gasteiger partial charge in [-0.05, 0) is 42.7 Å². The maximum Gasteiger partial charge on any atom is 0.255 e. The van der Waals surface area contributed by atoms with Gasteiger partial charge in [-0.2, -0.15) is 0 Å². The van der Waals surface area contributed by atoms with Gasteiger partial charge in [0.2, 0.25) is 10.0 Å². The minimum Gasteiger partial charge on any atom is -0.381 e. The Morgan fingerprint density at radius 3 is 2.73 bits per heavy atom. The summed E-state index contributed by atoms with van der Waals surface area (Å²) < 4.78 is 46.3. The molecule has 0 unspecified atom stereocenters. The highest BCUT2D eigenvalue weighted by molar-refractivity contribution is 7.89. The zero-order chi connectivity index (χ0) is 18.6. The summed E-state index contributed by atoms with van der Waals surface area (Å²) in [7, 11) is -3.74. The molecule has 0 aromatic heterocycles. The van der Waals surface area contributed by atoms with Crippen LogP contribution < -0.4 is 10.0 Å². The molecule has 0 radical (unpaired) electrons. The molecule has 1 heterocycles. The van der Waals surface area contributed by atoms with Crippen molar-refractivity contribution in [3.8, 4) is 0 Å². The van der Waals surface area contributed by atoms with Crippen molar-refractivity contribution in [2.24, 2.45) is 5.92 Å². The maximum atomic E-state index is 13.7. The molecule has 1 aliphatic rings. The van der Waals surface area contributed by atoms with Gasteiger partial charge >= 0.3 is 0 Å². The van der Waals surface area contributed by atoms with E-state index in [4.69, 9.17) is 4.74 Å². The van der Waals surface area contributed by atoms with Crippen LogP contribution in [0.5, 0.6) is 0 Å². The van der Waals surface area contributed by atoms with Crippen LogP contribution in [-0.2, 0) is 14.8 Å². The molecule has 1 saturated heterocycles. The number of benzene rings is 2. The van der Waals surface area contributed by atoms with E-state index in [9.17, 15) is 17.6 Å². The number of anilines is 1.